The number of carboxylic acid groups (broad SMARTS) is 1. The van der Waals surface area contributed by atoms with Crippen LogP contribution >= 0.6 is 0 Å². The van der Waals surface area contributed by atoms with E-state index in [4.69, 9.17) is 15.6 Å². The molecule has 4 nitrogen and oxygen atoms in total. The Bertz CT molecular complexity index is 150. The van der Waals surface area contributed by atoms with Crippen LogP contribution in [0.2, 0.25) is 0 Å². The van der Waals surface area contributed by atoms with Crippen molar-refractivity contribution in [2.24, 2.45) is 11.7 Å². The van der Waals surface area contributed by atoms with Crippen LogP contribution in [-0.2, 0) is 9.53 Å². The van der Waals surface area contributed by atoms with E-state index in [1.807, 2.05) is 13.8 Å². The van der Waals surface area contributed by atoms with Crippen molar-refractivity contribution < 1.29 is 14.6 Å². The zero-order chi connectivity index (χ0) is 10.3. The molecule has 2 atom stereocenters. The summed E-state index contributed by atoms with van der Waals surface area (Å²) in [7, 11) is 0. The van der Waals surface area contributed by atoms with Gasteiger partial charge in [0.1, 0.15) is 0 Å². The van der Waals surface area contributed by atoms with Crippen LogP contribution in [0.5, 0.6) is 0 Å². The lowest BCUT2D eigenvalue weighted by molar-refractivity contribution is -0.138. The quantitative estimate of drug-likeness (QED) is 0.622. The highest BCUT2D eigenvalue weighted by Crippen LogP contribution is 2.12. The number of carboxylic acids is 1. The zero-order valence-electron chi connectivity index (χ0n) is 8.32. The molecule has 0 bridgehead atoms. The van der Waals surface area contributed by atoms with Gasteiger partial charge in [-0.15, -0.1) is 0 Å². The number of aliphatic carboxylic acids is 1. The Labute approximate surface area is 79.1 Å². The summed E-state index contributed by atoms with van der Waals surface area (Å²) >= 11 is 0. The smallest absolute Gasteiger partial charge is 0.303 e. The highest BCUT2D eigenvalue weighted by atomic mass is 16.5. The molecular formula is C9H19NO3. The summed E-state index contributed by atoms with van der Waals surface area (Å²) in [4.78, 5) is 10.4. The Morgan fingerprint density at radius 3 is 2.62 bits per heavy atom. The fourth-order valence-electron chi connectivity index (χ4n) is 1.33. The number of hydrogen-bond donors (Lipinski definition) is 2. The first kappa shape index (κ1) is 12.4. The summed E-state index contributed by atoms with van der Waals surface area (Å²) in [6.45, 7) is 4.93. The van der Waals surface area contributed by atoms with Crippen LogP contribution < -0.4 is 5.73 Å². The molecule has 0 amide bonds. The molecule has 78 valence electrons. The molecule has 3 N–H and O–H groups in total. The largest absolute Gasteiger partial charge is 0.481 e. The van der Waals surface area contributed by atoms with Crippen molar-refractivity contribution in [3.63, 3.8) is 0 Å². The lowest BCUT2D eigenvalue weighted by atomic mass is 9.99. The molecule has 0 heterocycles. The molecule has 0 aliphatic rings. The van der Waals surface area contributed by atoms with E-state index in [0.717, 1.165) is 6.42 Å². The third kappa shape index (κ3) is 6.54. The third-order valence-corrected chi connectivity index (χ3v) is 1.91. The summed E-state index contributed by atoms with van der Waals surface area (Å²) in [5.74, 6) is -0.766. The summed E-state index contributed by atoms with van der Waals surface area (Å²) in [6, 6.07) is 0. The van der Waals surface area contributed by atoms with E-state index in [9.17, 15) is 4.79 Å². The minimum Gasteiger partial charge on any atom is -0.481 e. The average Bonchev–Trinajstić information content (AvgIpc) is 2.02. The van der Waals surface area contributed by atoms with Crippen LogP contribution in [-0.4, -0.2) is 30.3 Å². The standard InChI is InChI=1S/C9H19NO3/c1-3-13-7(2)4-8(6-10)5-9(11)12/h7-8H,3-6,10H2,1-2H3,(H,11,12)/t7-,8-/m0/s1. The maximum Gasteiger partial charge on any atom is 0.303 e. The minimum absolute atomic E-state index is 0.0269. The Morgan fingerprint density at radius 2 is 2.23 bits per heavy atom. The second-order valence-corrected chi connectivity index (χ2v) is 3.20. The maximum absolute atomic E-state index is 10.4. The van der Waals surface area contributed by atoms with Gasteiger partial charge in [0, 0.05) is 13.0 Å². The molecular weight excluding hydrogens is 170 g/mol. The Morgan fingerprint density at radius 1 is 1.62 bits per heavy atom. The van der Waals surface area contributed by atoms with Crippen molar-refractivity contribution in [3.05, 3.63) is 0 Å². The molecule has 0 aromatic rings. The molecule has 0 radical (unpaired) electrons. The van der Waals surface area contributed by atoms with Crippen molar-refractivity contribution in [1.82, 2.24) is 0 Å². The summed E-state index contributed by atoms with van der Waals surface area (Å²) < 4.78 is 5.31. The summed E-state index contributed by atoms with van der Waals surface area (Å²) in [6.07, 6.45) is 0.947. The number of nitrogens with two attached hydrogens (primary N) is 1. The van der Waals surface area contributed by atoms with E-state index in [0.29, 0.717) is 13.2 Å². The van der Waals surface area contributed by atoms with Gasteiger partial charge in [0.25, 0.3) is 0 Å². The van der Waals surface area contributed by atoms with Crippen LogP contribution in [0.25, 0.3) is 0 Å². The van der Waals surface area contributed by atoms with Crippen molar-refractivity contribution in [3.8, 4) is 0 Å². The number of hydrogen-bond acceptors (Lipinski definition) is 3. The van der Waals surface area contributed by atoms with Crippen molar-refractivity contribution in [2.45, 2.75) is 32.8 Å². The van der Waals surface area contributed by atoms with Crippen molar-refractivity contribution >= 4 is 5.97 Å². The summed E-state index contributed by atoms with van der Waals surface area (Å²) in [5.41, 5.74) is 5.45. The monoisotopic (exact) mass is 189 g/mol. The van der Waals surface area contributed by atoms with Gasteiger partial charge in [0.05, 0.1) is 6.10 Å². The fraction of sp³-hybridized carbons (Fsp3) is 0.889. The molecule has 0 aliphatic carbocycles. The van der Waals surface area contributed by atoms with E-state index in [1.165, 1.54) is 0 Å². The first-order valence-electron chi connectivity index (χ1n) is 4.63. The molecule has 0 rings (SSSR count). The molecule has 0 fully saturated rings. The van der Waals surface area contributed by atoms with Gasteiger partial charge in [-0.2, -0.15) is 0 Å². The molecule has 0 saturated heterocycles. The van der Waals surface area contributed by atoms with Gasteiger partial charge >= 0.3 is 5.97 Å². The molecule has 0 spiro atoms. The van der Waals surface area contributed by atoms with E-state index in [1.54, 1.807) is 0 Å². The predicted octanol–water partition coefficient (Wildman–Crippen LogP) is 0.851. The Kier molecular flexibility index (Phi) is 6.54. The van der Waals surface area contributed by atoms with Gasteiger partial charge in [0.2, 0.25) is 0 Å². The second kappa shape index (κ2) is 6.86. The number of carbonyl (C=O) groups is 1. The van der Waals surface area contributed by atoms with E-state index in [-0.39, 0.29) is 18.4 Å². The van der Waals surface area contributed by atoms with Crippen LogP contribution in [0, 0.1) is 5.92 Å². The maximum atomic E-state index is 10.4. The molecule has 13 heavy (non-hydrogen) atoms. The SMILES string of the molecule is CCO[C@@H](C)C[C@H](CN)CC(=O)O. The van der Waals surface area contributed by atoms with Crippen LogP contribution in [0.4, 0.5) is 0 Å². The third-order valence-electron chi connectivity index (χ3n) is 1.91. The summed E-state index contributed by atoms with van der Waals surface area (Å²) in [5, 5.41) is 8.56. The number of rotatable bonds is 7. The van der Waals surface area contributed by atoms with Crippen molar-refractivity contribution in [2.75, 3.05) is 13.2 Å². The Hall–Kier alpha value is -0.610. The molecule has 0 unspecified atom stereocenters. The minimum atomic E-state index is -0.792. The zero-order valence-corrected chi connectivity index (χ0v) is 8.32. The molecule has 4 heteroatoms. The second-order valence-electron chi connectivity index (χ2n) is 3.20. The Balaban J connectivity index is 3.75. The van der Waals surface area contributed by atoms with E-state index >= 15 is 0 Å². The van der Waals surface area contributed by atoms with Crippen LogP contribution in [0.15, 0.2) is 0 Å². The topological polar surface area (TPSA) is 72.5 Å². The van der Waals surface area contributed by atoms with Crippen LogP contribution in [0.3, 0.4) is 0 Å². The molecule has 0 saturated carbocycles. The van der Waals surface area contributed by atoms with E-state index in [2.05, 4.69) is 0 Å². The lowest BCUT2D eigenvalue weighted by Crippen LogP contribution is -2.23. The number of ether oxygens (including phenoxy) is 1. The van der Waals surface area contributed by atoms with Crippen LogP contribution in [0.1, 0.15) is 26.7 Å². The molecule has 0 aliphatic heterocycles. The highest BCUT2D eigenvalue weighted by molar-refractivity contribution is 5.67. The molecule has 0 aromatic carbocycles. The van der Waals surface area contributed by atoms with Gasteiger partial charge in [-0.3, -0.25) is 4.79 Å². The van der Waals surface area contributed by atoms with Crippen molar-refractivity contribution in [1.29, 1.82) is 0 Å². The average molecular weight is 189 g/mol. The first-order chi connectivity index (χ1) is 6.10. The predicted molar refractivity (Wildman–Crippen MR) is 50.5 cm³/mol. The van der Waals surface area contributed by atoms with Gasteiger partial charge in [-0.05, 0) is 32.7 Å². The van der Waals surface area contributed by atoms with Gasteiger partial charge < -0.3 is 15.6 Å². The fourth-order valence-corrected chi connectivity index (χ4v) is 1.33. The molecule has 0 aromatic heterocycles. The first-order valence-corrected chi connectivity index (χ1v) is 4.63. The highest BCUT2D eigenvalue weighted by Gasteiger charge is 2.14. The van der Waals surface area contributed by atoms with Gasteiger partial charge in [-0.25, -0.2) is 0 Å². The van der Waals surface area contributed by atoms with Gasteiger partial charge in [0.15, 0.2) is 0 Å². The van der Waals surface area contributed by atoms with E-state index < -0.39 is 5.97 Å². The van der Waals surface area contributed by atoms with Gasteiger partial charge in [-0.1, -0.05) is 0 Å². The lowest BCUT2D eigenvalue weighted by Gasteiger charge is -2.17. The normalized spacial score (nSPS) is 15.3.